The van der Waals surface area contributed by atoms with Gasteiger partial charge in [-0.05, 0) is 12.8 Å². The second kappa shape index (κ2) is 8.57. The predicted octanol–water partition coefficient (Wildman–Crippen LogP) is 3.07. The van der Waals surface area contributed by atoms with Crippen LogP contribution in [-0.4, -0.2) is 5.97 Å². The molecular formula is C10H19O2. The Morgan fingerprint density at radius 2 is 2.00 bits per heavy atom. The third-order valence-electron chi connectivity index (χ3n) is 1.61. The zero-order valence-corrected chi connectivity index (χ0v) is 8.14. The lowest BCUT2D eigenvalue weighted by Gasteiger charge is -2.01. The van der Waals surface area contributed by atoms with Crippen molar-refractivity contribution in [1.29, 1.82) is 0 Å². The molecule has 0 saturated carbocycles. The van der Waals surface area contributed by atoms with Gasteiger partial charge in [-0.3, -0.25) is 4.79 Å². The van der Waals surface area contributed by atoms with E-state index in [9.17, 15) is 4.79 Å². The monoisotopic (exact) mass is 171 g/mol. The molecule has 0 aromatic rings. The van der Waals surface area contributed by atoms with Gasteiger partial charge in [0, 0.05) is 6.42 Å². The van der Waals surface area contributed by atoms with Crippen molar-refractivity contribution in [2.75, 3.05) is 0 Å². The van der Waals surface area contributed by atoms with Crippen LogP contribution in [0.25, 0.3) is 0 Å². The van der Waals surface area contributed by atoms with Crippen LogP contribution in [-0.2, 0) is 9.53 Å². The van der Waals surface area contributed by atoms with Crippen molar-refractivity contribution in [3.05, 3.63) is 6.61 Å². The second-order valence-corrected chi connectivity index (χ2v) is 2.90. The fourth-order valence-electron chi connectivity index (χ4n) is 0.848. The first kappa shape index (κ1) is 11.5. The molecule has 0 saturated heterocycles. The van der Waals surface area contributed by atoms with Gasteiger partial charge in [-0.25, -0.2) is 0 Å². The standard InChI is InChI=1S/C10H19O2/c1-3-5-7-8-10(11)12-9-6-4-2/h9H,3-8H2,1-2H3. The first-order valence-electron chi connectivity index (χ1n) is 4.82. The third-order valence-corrected chi connectivity index (χ3v) is 1.61. The summed E-state index contributed by atoms with van der Waals surface area (Å²) in [7, 11) is 0. The fourth-order valence-corrected chi connectivity index (χ4v) is 0.848. The molecule has 0 heterocycles. The van der Waals surface area contributed by atoms with E-state index in [0.717, 1.165) is 32.1 Å². The Labute approximate surface area is 75.3 Å². The van der Waals surface area contributed by atoms with Crippen molar-refractivity contribution in [2.45, 2.75) is 52.4 Å². The zero-order chi connectivity index (χ0) is 9.23. The molecule has 0 atom stereocenters. The molecule has 12 heavy (non-hydrogen) atoms. The molecule has 0 amide bonds. The number of esters is 1. The van der Waals surface area contributed by atoms with E-state index in [1.54, 1.807) is 6.61 Å². The third kappa shape index (κ3) is 7.58. The Balaban J connectivity index is 3.10. The van der Waals surface area contributed by atoms with E-state index >= 15 is 0 Å². The van der Waals surface area contributed by atoms with Gasteiger partial charge in [0.1, 0.15) is 6.61 Å². The van der Waals surface area contributed by atoms with Crippen molar-refractivity contribution in [3.8, 4) is 0 Å². The summed E-state index contributed by atoms with van der Waals surface area (Å²) in [5.74, 6) is -0.0862. The Kier molecular flexibility index (Phi) is 8.19. The van der Waals surface area contributed by atoms with Gasteiger partial charge in [0.2, 0.25) is 0 Å². The highest BCUT2D eigenvalue weighted by atomic mass is 16.5. The first-order chi connectivity index (χ1) is 5.81. The van der Waals surface area contributed by atoms with Crippen LogP contribution in [0.1, 0.15) is 52.4 Å². The number of hydrogen-bond donors (Lipinski definition) is 0. The summed E-state index contributed by atoms with van der Waals surface area (Å²) in [5.41, 5.74) is 0. The Morgan fingerprint density at radius 3 is 2.58 bits per heavy atom. The minimum Gasteiger partial charge on any atom is -0.458 e. The average molecular weight is 171 g/mol. The van der Waals surface area contributed by atoms with Crippen molar-refractivity contribution in [1.82, 2.24) is 0 Å². The number of carbonyl (C=O) groups excluding carboxylic acids is 1. The van der Waals surface area contributed by atoms with Crippen LogP contribution in [0.4, 0.5) is 0 Å². The van der Waals surface area contributed by atoms with Gasteiger partial charge in [0.05, 0.1) is 0 Å². The minimum absolute atomic E-state index is 0.0862. The highest BCUT2D eigenvalue weighted by molar-refractivity contribution is 5.69. The quantitative estimate of drug-likeness (QED) is 0.434. The molecule has 0 fully saturated rings. The molecular weight excluding hydrogens is 152 g/mol. The Bertz CT molecular complexity index is 98.4. The first-order valence-corrected chi connectivity index (χ1v) is 4.82. The van der Waals surface area contributed by atoms with Crippen molar-refractivity contribution in [2.24, 2.45) is 0 Å². The highest BCUT2D eigenvalue weighted by Gasteiger charge is 2.00. The van der Waals surface area contributed by atoms with Gasteiger partial charge in [-0.15, -0.1) is 0 Å². The predicted molar refractivity (Wildman–Crippen MR) is 49.4 cm³/mol. The number of carbonyl (C=O) groups is 1. The topological polar surface area (TPSA) is 26.3 Å². The summed E-state index contributed by atoms with van der Waals surface area (Å²) in [4.78, 5) is 10.9. The molecule has 2 nitrogen and oxygen atoms in total. The number of unbranched alkanes of at least 4 members (excludes halogenated alkanes) is 3. The van der Waals surface area contributed by atoms with Gasteiger partial charge in [-0.1, -0.05) is 33.1 Å². The van der Waals surface area contributed by atoms with Gasteiger partial charge < -0.3 is 4.74 Å². The smallest absolute Gasteiger partial charge is 0.306 e. The highest BCUT2D eigenvalue weighted by Crippen LogP contribution is 2.02. The van der Waals surface area contributed by atoms with E-state index in [1.807, 2.05) is 0 Å². The molecule has 0 spiro atoms. The maximum absolute atomic E-state index is 10.9. The van der Waals surface area contributed by atoms with Crippen molar-refractivity contribution in [3.63, 3.8) is 0 Å². The van der Waals surface area contributed by atoms with Gasteiger partial charge in [0.15, 0.2) is 0 Å². The van der Waals surface area contributed by atoms with Crippen molar-refractivity contribution < 1.29 is 9.53 Å². The molecule has 71 valence electrons. The maximum atomic E-state index is 10.9. The van der Waals surface area contributed by atoms with Crippen LogP contribution in [0.2, 0.25) is 0 Å². The second-order valence-electron chi connectivity index (χ2n) is 2.90. The molecule has 0 N–H and O–H groups in total. The lowest BCUT2D eigenvalue weighted by atomic mass is 10.2. The van der Waals surface area contributed by atoms with E-state index < -0.39 is 0 Å². The summed E-state index contributed by atoms with van der Waals surface area (Å²) < 4.78 is 4.87. The number of ether oxygens (including phenoxy) is 1. The largest absolute Gasteiger partial charge is 0.458 e. The molecule has 0 aromatic heterocycles. The minimum atomic E-state index is -0.0862. The zero-order valence-electron chi connectivity index (χ0n) is 8.14. The lowest BCUT2D eigenvalue weighted by Crippen LogP contribution is -2.01. The van der Waals surface area contributed by atoms with Crippen LogP contribution >= 0.6 is 0 Å². The molecule has 0 bridgehead atoms. The van der Waals surface area contributed by atoms with Gasteiger partial charge >= 0.3 is 5.97 Å². The Morgan fingerprint density at radius 1 is 1.25 bits per heavy atom. The van der Waals surface area contributed by atoms with Crippen LogP contribution in [0.5, 0.6) is 0 Å². The van der Waals surface area contributed by atoms with Crippen LogP contribution in [0.15, 0.2) is 0 Å². The summed E-state index contributed by atoms with van der Waals surface area (Å²) >= 11 is 0. The summed E-state index contributed by atoms with van der Waals surface area (Å²) in [6, 6.07) is 0. The molecule has 0 aliphatic rings. The van der Waals surface area contributed by atoms with E-state index in [-0.39, 0.29) is 5.97 Å². The van der Waals surface area contributed by atoms with E-state index in [1.165, 1.54) is 0 Å². The molecule has 0 unspecified atom stereocenters. The fraction of sp³-hybridized carbons (Fsp3) is 0.800. The molecule has 0 rings (SSSR count). The summed E-state index contributed by atoms with van der Waals surface area (Å²) in [6.45, 7) is 5.78. The van der Waals surface area contributed by atoms with Gasteiger partial charge in [0.25, 0.3) is 0 Å². The normalized spacial score (nSPS) is 9.83. The number of hydrogen-bond acceptors (Lipinski definition) is 2. The SMILES string of the molecule is CCC[CH]OC(=O)CCCCC. The van der Waals surface area contributed by atoms with Crippen LogP contribution < -0.4 is 0 Å². The van der Waals surface area contributed by atoms with E-state index in [4.69, 9.17) is 4.74 Å². The van der Waals surface area contributed by atoms with Gasteiger partial charge in [-0.2, -0.15) is 0 Å². The van der Waals surface area contributed by atoms with Crippen LogP contribution in [0.3, 0.4) is 0 Å². The lowest BCUT2D eigenvalue weighted by molar-refractivity contribution is -0.140. The van der Waals surface area contributed by atoms with Crippen molar-refractivity contribution >= 4 is 5.97 Å². The summed E-state index contributed by atoms with van der Waals surface area (Å²) in [6.07, 6.45) is 5.67. The molecule has 0 aliphatic heterocycles. The molecule has 2 heteroatoms. The van der Waals surface area contributed by atoms with E-state index in [0.29, 0.717) is 6.42 Å². The molecule has 0 aliphatic carbocycles. The maximum Gasteiger partial charge on any atom is 0.306 e. The number of rotatable bonds is 7. The van der Waals surface area contributed by atoms with Crippen LogP contribution in [0, 0.1) is 6.61 Å². The summed E-state index contributed by atoms with van der Waals surface area (Å²) in [5, 5.41) is 0. The van der Waals surface area contributed by atoms with E-state index in [2.05, 4.69) is 13.8 Å². The average Bonchev–Trinajstić information content (AvgIpc) is 2.06. The Hall–Kier alpha value is -0.530. The molecule has 0 aromatic carbocycles. The molecule has 1 radical (unpaired) electrons.